The number of morpholine rings is 1. The molecule has 1 aromatic carbocycles. The fourth-order valence-electron chi connectivity index (χ4n) is 2.77. The van der Waals surface area contributed by atoms with Crippen LogP contribution in [0.5, 0.6) is 0 Å². The molecule has 0 unspecified atom stereocenters. The Morgan fingerprint density at radius 2 is 2.13 bits per heavy atom. The molecule has 7 nitrogen and oxygen atoms in total. The molecule has 1 aromatic heterocycles. The van der Waals surface area contributed by atoms with Crippen molar-refractivity contribution in [1.29, 1.82) is 0 Å². The van der Waals surface area contributed by atoms with Crippen molar-refractivity contribution in [3.63, 3.8) is 0 Å². The van der Waals surface area contributed by atoms with Crippen LogP contribution in [0.4, 0.5) is 0 Å². The van der Waals surface area contributed by atoms with Crippen LogP contribution in [0, 0.1) is 0 Å². The maximum absolute atomic E-state index is 12.4. The second-order valence-electron chi connectivity index (χ2n) is 5.92. The first kappa shape index (κ1) is 15.6. The van der Waals surface area contributed by atoms with Crippen molar-refractivity contribution >= 4 is 16.8 Å². The van der Waals surface area contributed by atoms with Gasteiger partial charge in [0.1, 0.15) is 5.52 Å². The summed E-state index contributed by atoms with van der Waals surface area (Å²) in [5.41, 5.74) is 0.350. The zero-order valence-electron chi connectivity index (χ0n) is 13.3. The lowest BCUT2D eigenvalue weighted by Gasteiger charge is -2.36. The van der Waals surface area contributed by atoms with Crippen molar-refractivity contribution in [3.05, 3.63) is 34.6 Å². The Morgan fingerprint density at radius 3 is 2.96 bits per heavy atom. The lowest BCUT2D eigenvalue weighted by atomic mass is 10.2. The van der Waals surface area contributed by atoms with Crippen LogP contribution in [0.1, 0.15) is 20.3 Å². The van der Waals surface area contributed by atoms with Crippen molar-refractivity contribution in [3.8, 4) is 0 Å². The number of amides is 1. The molecule has 0 aliphatic carbocycles. The molecule has 1 saturated heterocycles. The van der Waals surface area contributed by atoms with Crippen molar-refractivity contribution in [2.24, 2.45) is 0 Å². The average molecular weight is 316 g/mol. The van der Waals surface area contributed by atoms with E-state index in [1.807, 2.05) is 24.8 Å². The quantitative estimate of drug-likeness (QED) is 0.838. The third-order valence-corrected chi connectivity index (χ3v) is 4.09. The molecule has 0 saturated carbocycles. The smallest absolute Gasteiger partial charge is 0.277 e. The van der Waals surface area contributed by atoms with E-state index in [4.69, 9.17) is 4.74 Å². The van der Waals surface area contributed by atoms with Gasteiger partial charge in [-0.25, -0.2) is 4.68 Å². The zero-order valence-corrected chi connectivity index (χ0v) is 13.3. The van der Waals surface area contributed by atoms with E-state index in [1.165, 1.54) is 4.68 Å². The van der Waals surface area contributed by atoms with Crippen LogP contribution in [-0.4, -0.2) is 51.1 Å². The summed E-state index contributed by atoms with van der Waals surface area (Å²) in [6.45, 7) is 5.27. The Morgan fingerprint density at radius 1 is 1.35 bits per heavy atom. The van der Waals surface area contributed by atoms with Crippen molar-refractivity contribution in [2.75, 3.05) is 13.2 Å². The van der Waals surface area contributed by atoms with Crippen LogP contribution >= 0.6 is 0 Å². The third kappa shape index (κ3) is 3.24. The minimum Gasteiger partial charge on any atom is -0.375 e. The van der Waals surface area contributed by atoms with Gasteiger partial charge in [0, 0.05) is 13.0 Å². The molecule has 2 aromatic rings. The van der Waals surface area contributed by atoms with Gasteiger partial charge >= 0.3 is 0 Å². The van der Waals surface area contributed by atoms with Gasteiger partial charge in [-0.2, -0.15) is 0 Å². The number of aryl methyl sites for hydroxylation is 1. The fraction of sp³-hybridized carbons (Fsp3) is 0.500. The number of benzene rings is 1. The van der Waals surface area contributed by atoms with E-state index < -0.39 is 0 Å². The second-order valence-corrected chi connectivity index (χ2v) is 5.92. The molecule has 7 heteroatoms. The van der Waals surface area contributed by atoms with Crippen LogP contribution in [0.3, 0.4) is 0 Å². The highest BCUT2D eigenvalue weighted by atomic mass is 16.5. The fourth-order valence-corrected chi connectivity index (χ4v) is 2.77. The Kier molecular flexibility index (Phi) is 4.38. The van der Waals surface area contributed by atoms with E-state index in [2.05, 4.69) is 10.3 Å². The molecule has 2 heterocycles. The molecule has 0 N–H and O–H groups in total. The predicted molar refractivity (Wildman–Crippen MR) is 85.0 cm³/mol. The molecular weight excluding hydrogens is 296 g/mol. The van der Waals surface area contributed by atoms with Crippen molar-refractivity contribution in [1.82, 2.24) is 19.9 Å². The highest BCUT2D eigenvalue weighted by Crippen LogP contribution is 2.13. The molecule has 0 bridgehead atoms. The standard InChI is InChI=1S/C16H20N4O3/c1-11-10-23-12(2)9-19(11)15(21)7-8-20-16(22)13-5-3-4-6-14(13)17-18-20/h3-6,11-12H,7-10H2,1-2H3/t11-,12+/m0/s1. The number of hydrogen-bond acceptors (Lipinski definition) is 5. The number of hydrogen-bond donors (Lipinski definition) is 0. The van der Waals surface area contributed by atoms with Gasteiger partial charge in [-0.1, -0.05) is 17.3 Å². The maximum Gasteiger partial charge on any atom is 0.277 e. The Bertz CT molecular complexity index is 773. The van der Waals surface area contributed by atoms with Crippen molar-refractivity contribution in [2.45, 2.75) is 39.0 Å². The lowest BCUT2D eigenvalue weighted by Crippen LogP contribution is -2.50. The summed E-state index contributed by atoms with van der Waals surface area (Å²) in [6, 6.07) is 7.12. The predicted octanol–water partition coefficient (Wildman–Crippen LogP) is 0.817. The minimum absolute atomic E-state index is 0.00880. The molecule has 3 rings (SSSR count). The summed E-state index contributed by atoms with van der Waals surface area (Å²) in [5, 5.41) is 8.46. The van der Waals surface area contributed by atoms with Gasteiger partial charge in [0.05, 0.1) is 30.7 Å². The molecule has 0 spiro atoms. The topological polar surface area (TPSA) is 77.3 Å². The molecule has 2 atom stereocenters. The lowest BCUT2D eigenvalue weighted by molar-refractivity contribution is -0.143. The number of carbonyl (C=O) groups excluding carboxylic acids is 1. The summed E-state index contributed by atoms with van der Waals surface area (Å²) in [6.07, 6.45) is 0.266. The Balaban J connectivity index is 1.72. The summed E-state index contributed by atoms with van der Waals surface area (Å²) in [4.78, 5) is 26.6. The SMILES string of the molecule is C[C@@H]1CN(C(=O)CCn2nnc3ccccc3c2=O)[C@@H](C)CO1. The summed E-state index contributed by atoms with van der Waals surface area (Å²) in [7, 11) is 0. The van der Waals surface area contributed by atoms with Crippen molar-refractivity contribution < 1.29 is 9.53 Å². The monoisotopic (exact) mass is 316 g/mol. The minimum atomic E-state index is -0.216. The third-order valence-electron chi connectivity index (χ3n) is 4.09. The first-order valence-electron chi connectivity index (χ1n) is 7.80. The number of ether oxygens (including phenoxy) is 1. The number of nitrogens with zero attached hydrogens (tertiary/aromatic N) is 4. The van der Waals surface area contributed by atoms with Gasteiger partial charge in [0.15, 0.2) is 0 Å². The molecule has 1 amide bonds. The largest absolute Gasteiger partial charge is 0.375 e. The van der Waals surface area contributed by atoms with Crippen LogP contribution in [0.25, 0.3) is 10.9 Å². The first-order chi connectivity index (χ1) is 11.1. The van der Waals surface area contributed by atoms with Gasteiger partial charge in [-0.3, -0.25) is 9.59 Å². The molecule has 1 aliphatic rings. The Hall–Kier alpha value is -2.28. The summed E-state index contributed by atoms with van der Waals surface area (Å²) in [5.74, 6) is 0.00880. The van der Waals surface area contributed by atoms with Gasteiger partial charge in [0.2, 0.25) is 5.91 Å². The summed E-state index contributed by atoms with van der Waals surface area (Å²) >= 11 is 0. The van der Waals surface area contributed by atoms with Gasteiger partial charge in [-0.15, -0.1) is 5.10 Å². The van der Waals surface area contributed by atoms with E-state index in [9.17, 15) is 9.59 Å². The summed E-state index contributed by atoms with van der Waals surface area (Å²) < 4.78 is 6.79. The molecule has 0 radical (unpaired) electrons. The molecule has 122 valence electrons. The van der Waals surface area contributed by atoms with Gasteiger partial charge in [0.25, 0.3) is 5.56 Å². The van der Waals surface area contributed by atoms with E-state index >= 15 is 0 Å². The van der Waals surface area contributed by atoms with E-state index in [1.54, 1.807) is 18.2 Å². The van der Waals surface area contributed by atoms with Crippen LogP contribution in [0.15, 0.2) is 29.1 Å². The molecule has 1 fully saturated rings. The zero-order chi connectivity index (χ0) is 16.4. The highest BCUT2D eigenvalue weighted by Gasteiger charge is 2.27. The first-order valence-corrected chi connectivity index (χ1v) is 7.80. The van der Waals surface area contributed by atoms with Crippen LogP contribution in [-0.2, 0) is 16.1 Å². The molecular formula is C16H20N4O3. The average Bonchev–Trinajstić information content (AvgIpc) is 2.56. The van der Waals surface area contributed by atoms with Gasteiger partial charge < -0.3 is 9.64 Å². The van der Waals surface area contributed by atoms with E-state index in [0.717, 1.165) is 0 Å². The Labute approximate surface area is 133 Å². The highest BCUT2D eigenvalue weighted by molar-refractivity contribution is 5.77. The number of aromatic nitrogens is 3. The van der Waals surface area contributed by atoms with Gasteiger partial charge in [-0.05, 0) is 26.0 Å². The van der Waals surface area contributed by atoms with Crippen LogP contribution in [0.2, 0.25) is 0 Å². The molecule has 23 heavy (non-hydrogen) atoms. The number of fused-ring (bicyclic) bond motifs is 1. The second kappa shape index (κ2) is 6.45. The van der Waals surface area contributed by atoms with E-state index in [-0.39, 0.29) is 36.6 Å². The maximum atomic E-state index is 12.4. The van der Waals surface area contributed by atoms with E-state index in [0.29, 0.717) is 24.1 Å². The number of carbonyl (C=O) groups is 1. The van der Waals surface area contributed by atoms with Crippen LogP contribution < -0.4 is 5.56 Å². The number of rotatable bonds is 3. The molecule has 1 aliphatic heterocycles. The normalized spacial score (nSPS) is 21.6.